The highest BCUT2D eigenvalue weighted by Crippen LogP contribution is 2.48. The van der Waals surface area contributed by atoms with Crippen molar-refractivity contribution >= 4 is 11.8 Å². The Labute approximate surface area is 148 Å². The van der Waals surface area contributed by atoms with E-state index in [2.05, 4.69) is 4.98 Å². The van der Waals surface area contributed by atoms with E-state index < -0.39 is 5.54 Å². The normalized spacial score (nSPS) is 25.4. The molecule has 1 atom stereocenters. The van der Waals surface area contributed by atoms with Crippen LogP contribution in [0.1, 0.15) is 49.2 Å². The molecule has 3 heterocycles. The third kappa shape index (κ3) is 3.15. The van der Waals surface area contributed by atoms with Crippen LogP contribution in [0.2, 0.25) is 0 Å². The van der Waals surface area contributed by atoms with Crippen molar-refractivity contribution in [3.8, 4) is 0 Å². The second kappa shape index (κ2) is 6.41. The maximum atomic E-state index is 12.8. The van der Waals surface area contributed by atoms with Crippen LogP contribution in [-0.2, 0) is 4.79 Å². The zero-order chi connectivity index (χ0) is 18.2. The lowest BCUT2D eigenvalue weighted by Crippen LogP contribution is -2.46. The van der Waals surface area contributed by atoms with E-state index in [4.69, 9.17) is 0 Å². The van der Waals surface area contributed by atoms with Gasteiger partial charge in [-0.05, 0) is 50.7 Å². The van der Waals surface area contributed by atoms with Crippen LogP contribution in [0.25, 0.3) is 0 Å². The summed E-state index contributed by atoms with van der Waals surface area (Å²) in [5, 5.41) is 9.81. The molecule has 0 aliphatic carbocycles. The Balaban J connectivity index is 1.71. The number of hydrogen-bond acceptors (Lipinski definition) is 4. The Morgan fingerprint density at radius 1 is 1.32 bits per heavy atom. The molecule has 6 nitrogen and oxygen atoms in total. The molecule has 1 aromatic heterocycles. The summed E-state index contributed by atoms with van der Waals surface area (Å²) < 4.78 is 0. The van der Waals surface area contributed by atoms with Crippen LogP contribution in [0.3, 0.4) is 0 Å². The van der Waals surface area contributed by atoms with Gasteiger partial charge in [0.2, 0.25) is 5.91 Å². The van der Waals surface area contributed by atoms with Gasteiger partial charge in [-0.1, -0.05) is 0 Å². The van der Waals surface area contributed by atoms with E-state index in [9.17, 15) is 14.7 Å². The van der Waals surface area contributed by atoms with Gasteiger partial charge in [0.15, 0.2) is 0 Å². The molecule has 2 aliphatic rings. The number of rotatable bonds is 2. The second-order valence-electron chi connectivity index (χ2n) is 7.87. The lowest BCUT2D eigenvalue weighted by Gasteiger charge is -2.39. The highest BCUT2D eigenvalue weighted by Gasteiger charge is 2.52. The molecule has 136 valence electrons. The van der Waals surface area contributed by atoms with Gasteiger partial charge in [0.1, 0.15) is 0 Å². The van der Waals surface area contributed by atoms with Crippen LogP contribution in [0, 0.1) is 12.3 Å². The Bertz CT molecular complexity index is 682. The SMILES string of the molecule is CC(=O)N1CC2(CCN(C(=O)c3cccnc3C)CC2)C[C@@]1(C)CO. The van der Waals surface area contributed by atoms with Crippen LogP contribution in [0.5, 0.6) is 0 Å². The predicted molar refractivity (Wildman–Crippen MR) is 94.0 cm³/mol. The molecule has 1 spiro atoms. The molecule has 2 aliphatic heterocycles. The molecule has 0 unspecified atom stereocenters. The molecular formula is C19H27N3O3. The van der Waals surface area contributed by atoms with E-state index in [1.54, 1.807) is 19.2 Å². The van der Waals surface area contributed by atoms with Gasteiger partial charge in [-0.25, -0.2) is 0 Å². The van der Waals surface area contributed by atoms with Gasteiger partial charge >= 0.3 is 0 Å². The number of pyridine rings is 1. The van der Waals surface area contributed by atoms with Crippen LogP contribution < -0.4 is 0 Å². The summed E-state index contributed by atoms with van der Waals surface area (Å²) in [7, 11) is 0. The number of hydrogen-bond donors (Lipinski definition) is 1. The van der Waals surface area contributed by atoms with Gasteiger partial charge in [0, 0.05) is 38.4 Å². The predicted octanol–water partition coefficient (Wildman–Crippen LogP) is 1.62. The first-order chi connectivity index (χ1) is 11.8. The minimum absolute atomic E-state index is 0.00388. The number of amides is 2. The molecule has 2 saturated heterocycles. The zero-order valence-corrected chi connectivity index (χ0v) is 15.3. The fourth-order valence-electron chi connectivity index (χ4n) is 4.52. The number of likely N-dealkylation sites (tertiary alicyclic amines) is 2. The van der Waals surface area contributed by atoms with E-state index in [0.29, 0.717) is 25.2 Å². The molecule has 0 saturated carbocycles. The van der Waals surface area contributed by atoms with Gasteiger partial charge in [0.05, 0.1) is 17.7 Å². The van der Waals surface area contributed by atoms with E-state index in [-0.39, 0.29) is 23.8 Å². The lowest BCUT2D eigenvalue weighted by atomic mass is 9.74. The average molecular weight is 345 g/mol. The zero-order valence-electron chi connectivity index (χ0n) is 15.3. The highest BCUT2D eigenvalue weighted by atomic mass is 16.3. The Morgan fingerprint density at radius 3 is 2.52 bits per heavy atom. The summed E-state index contributed by atoms with van der Waals surface area (Å²) in [5.41, 5.74) is 0.932. The van der Waals surface area contributed by atoms with E-state index in [1.165, 1.54) is 0 Å². The quantitative estimate of drug-likeness (QED) is 0.884. The summed E-state index contributed by atoms with van der Waals surface area (Å²) >= 11 is 0. The van der Waals surface area contributed by atoms with Crippen molar-refractivity contribution in [3.05, 3.63) is 29.6 Å². The summed E-state index contributed by atoms with van der Waals surface area (Å²) in [4.78, 5) is 32.7. The first-order valence-corrected chi connectivity index (χ1v) is 8.90. The largest absolute Gasteiger partial charge is 0.394 e. The first-order valence-electron chi connectivity index (χ1n) is 8.90. The van der Waals surface area contributed by atoms with Crippen LogP contribution in [0.4, 0.5) is 0 Å². The van der Waals surface area contributed by atoms with Gasteiger partial charge < -0.3 is 14.9 Å². The molecule has 6 heteroatoms. The van der Waals surface area contributed by atoms with Crippen LogP contribution in [0.15, 0.2) is 18.3 Å². The van der Waals surface area contributed by atoms with Crippen LogP contribution >= 0.6 is 0 Å². The molecule has 1 aromatic rings. The maximum Gasteiger partial charge on any atom is 0.255 e. The van der Waals surface area contributed by atoms with E-state index in [0.717, 1.165) is 25.0 Å². The summed E-state index contributed by atoms with van der Waals surface area (Å²) in [6, 6.07) is 3.62. The molecule has 25 heavy (non-hydrogen) atoms. The Hall–Kier alpha value is -1.95. The summed E-state index contributed by atoms with van der Waals surface area (Å²) in [6.45, 7) is 7.39. The summed E-state index contributed by atoms with van der Waals surface area (Å²) in [6.07, 6.45) is 4.21. The molecule has 3 rings (SSSR count). The number of aryl methyl sites for hydroxylation is 1. The first kappa shape index (κ1) is 17.9. The van der Waals surface area contributed by atoms with Gasteiger partial charge in [0.25, 0.3) is 5.91 Å². The topological polar surface area (TPSA) is 73.7 Å². The Kier molecular flexibility index (Phi) is 4.58. The number of piperidine rings is 1. The molecule has 0 bridgehead atoms. The van der Waals surface area contributed by atoms with E-state index in [1.807, 2.05) is 29.7 Å². The van der Waals surface area contributed by atoms with Crippen molar-refractivity contribution in [3.63, 3.8) is 0 Å². The van der Waals surface area contributed by atoms with Crippen LogP contribution in [-0.4, -0.2) is 63.5 Å². The average Bonchev–Trinajstić information content (AvgIpc) is 2.89. The second-order valence-corrected chi connectivity index (χ2v) is 7.87. The molecule has 2 amide bonds. The number of carbonyl (C=O) groups excluding carboxylic acids is 2. The van der Waals surface area contributed by atoms with Crippen molar-refractivity contribution in [1.82, 2.24) is 14.8 Å². The van der Waals surface area contributed by atoms with Gasteiger partial charge in [-0.3, -0.25) is 14.6 Å². The third-order valence-corrected chi connectivity index (χ3v) is 5.97. The number of aliphatic hydroxyl groups is 1. The smallest absolute Gasteiger partial charge is 0.255 e. The van der Waals surface area contributed by atoms with Crippen molar-refractivity contribution in [2.24, 2.45) is 5.41 Å². The number of nitrogens with zero attached hydrogens (tertiary/aromatic N) is 3. The lowest BCUT2D eigenvalue weighted by molar-refractivity contribution is -0.134. The molecule has 1 N–H and O–H groups in total. The van der Waals surface area contributed by atoms with Gasteiger partial charge in [-0.15, -0.1) is 0 Å². The Morgan fingerprint density at radius 2 is 2.00 bits per heavy atom. The van der Waals surface area contributed by atoms with Crippen molar-refractivity contribution < 1.29 is 14.7 Å². The third-order valence-electron chi connectivity index (χ3n) is 5.97. The van der Waals surface area contributed by atoms with Crippen molar-refractivity contribution in [2.75, 3.05) is 26.2 Å². The minimum atomic E-state index is -0.488. The fraction of sp³-hybridized carbons (Fsp3) is 0.632. The standard InChI is InChI=1S/C19H27N3O3/c1-14-16(5-4-8-20-14)17(25)21-9-6-19(7-10-21)11-18(3,13-23)22(12-19)15(2)24/h4-5,8,23H,6-7,9-13H2,1-3H3/t18-/m0/s1. The van der Waals surface area contributed by atoms with E-state index >= 15 is 0 Å². The fourth-order valence-corrected chi connectivity index (χ4v) is 4.52. The monoisotopic (exact) mass is 345 g/mol. The van der Waals surface area contributed by atoms with Gasteiger partial charge in [-0.2, -0.15) is 0 Å². The number of carbonyl (C=O) groups is 2. The molecule has 0 radical (unpaired) electrons. The molecule has 2 fully saturated rings. The maximum absolute atomic E-state index is 12.8. The van der Waals surface area contributed by atoms with Crippen molar-refractivity contribution in [2.45, 2.75) is 45.6 Å². The van der Waals surface area contributed by atoms with Crippen molar-refractivity contribution in [1.29, 1.82) is 0 Å². The summed E-state index contributed by atoms with van der Waals surface area (Å²) in [5.74, 6) is 0.0460. The number of aromatic nitrogens is 1. The highest BCUT2D eigenvalue weighted by molar-refractivity contribution is 5.95. The molecule has 0 aromatic carbocycles. The number of aliphatic hydroxyl groups excluding tert-OH is 1. The minimum Gasteiger partial charge on any atom is -0.394 e. The molecular weight excluding hydrogens is 318 g/mol.